The lowest BCUT2D eigenvalue weighted by Crippen LogP contribution is -2.21. The van der Waals surface area contributed by atoms with Gasteiger partial charge in [0.15, 0.2) is 0 Å². The number of hydrogen-bond acceptors (Lipinski definition) is 2. The summed E-state index contributed by atoms with van der Waals surface area (Å²) in [6, 6.07) is 8.67. The van der Waals surface area contributed by atoms with E-state index in [0.717, 1.165) is 13.1 Å². The first-order valence-corrected chi connectivity index (χ1v) is 6.23. The summed E-state index contributed by atoms with van der Waals surface area (Å²) in [7, 11) is 0. The van der Waals surface area contributed by atoms with Crippen molar-refractivity contribution in [2.75, 3.05) is 13.1 Å². The van der Waals surface area contributed by atoms with E-state index in [4.69, 9.17) is 5.73 Å². The third kappa shape index (κ3) is 2.68. The van der Waals surface area contributed by atoms with Crippen LogP contribution in [0.15, 0.2) is 24.3 Å². The Morgan fingerprint density at radius 1 is 1.35 bits per heavy atom. The molecule has 2 aromatic rings. The van der Waals surface area contributed by atoms with Gasteiger partial charge in [0.05, 0.1) is 0 Å². The monoisotopic (exact) mass is 231 g/mol. The van der Waals surface area contributed by atoms with Crippen LogP contribution in [0, 0.1) is 0 Å². The molecule has 0 bridgehead atoms. The van der Waals surface area contributed by atoms with Crippen LogP contribution in [0.25, 0.3) is 10.9 Å². The maximum atomic E-state index is 5.48. The van der Waals surface area contributed by atoms with Gasteiger partial charge in [-0.1, -0.05) is 26.0 Å². The van der Waals surface area contributed by atoms with Crippen LogP contribution in [-0.4, -0.2) is 18.1 Å². The van der Waals surface area contributed by atoms with Crippen LogP contribution in [0.4, 0.5) is 0 Å². The van der Waals surface area contributed by atoms with Gasteiger partial charge in [-0.05, 0) is 23.6 Å². The van der Waals surface area contributed by atoms with Gasteiger partial charge < -0.3 is 16.0 Å². The fourth-order valence-corrected chi connectivity index (χ4v) is 2.03. The van der Waals surface area contributed by atoms with Gasteiger partial charge in [-0.3, -0.25) is 0 Å². The Morgan fingerprint density at radius 3 is 2.88 bits per heavy atom. The summed E-state index contributed by atoms with van der Waals surface area (Å²) < 4.78 is 0. The highest BCUT2D eigenvalue weighted by Gasteiger charge is 2.07. The minimum Gasteiger partial charge on any atom is -0.358 e. The molecule has 0 atom stereocenters. The Kier molecular flexibility index (Phi) is 3.82. The maximum absolute atomic E-state index is 5.48. The zero-order valence-electron chi connectivity index (χ0n) is 10.6. The fourth-order valence-electron chi connectivity index (χ4n) is 2.03. The normalized spacial score (nSPS) is 11.5. The SMILES string of the molecule is CC(C)c1cc2c(CNCCN)cccc2[nH]1. The molecule has 0 unspecified atom stereocenters. The molecule has 0 aliphatic heterocycles. The average molecular weight is 231 g/mol. The van der Waals surface area contributed by atoms with Gasteiger partial charge in [-0.2, -0.15) is 0 Å². The largest absolute Gasteiger partial charge is 0.358 e. The van der Waals surface area contributed by atoms with Gasteiger partial charge in [-0.15, -0.1) is 0 Å². The number of hydrogen-bond donors (Lipinski definition) is 3. The van der Waals surface area contributed by atoms with Crippen LogP contribution in [0.2, 0.25) is 0 Å². The molecule has 1 heterocycles. The second-order valence-electron chi connectivity index (χ2n) is 4.72. The molecule has 0 aliphatic rings. The van der Waals surface area contributed by atoms with Crippen LogP contribution in [0.3, 0.4) is 0 Å². The van der Waals surface area contributed by atoms with Crippen LogP contribution < -0.4 is 11.1 Å². The molecule has 0 radical (unpaired) electrons. The predicted octanol–water partition coefficient (Wildman–Crippen LogP) is 2.34. The third-order valence-electron chi connectivity index (χ3n) is 3.03. The Bertz CT molecular complexity index is 485. The van der Waals surface area contributed by atoms with E-state index >= 15 is 0 Å². The zero-order valence-corrected chi connectivity index (χ0v) is 10.6. The molecular weight excluding hydrogens is 210 g/mol. The summed E-state index contributed by atoms with van der Waals surface area (Å²) in [4.78, 5) is 3.47. The van der Waals surface area contributed by atoms with Crippen molar-refractivity contribution in [2.24, 2.45) is 5.73 Å². The van der Waals surface area contributed by atoms with Crippen molar-refractivity contribution in [2.45, 2.75) is 26.3 Å². The molecule has 0 spiro atoms. The Labute approximate surface area is 102 Å². The Morgan fingerprint density at radius 2 is 2.18 bits per heavy atom. The minimum absolute atomic E-state index is 0.534. The van der Waals surface area contributed by atoms with Crippen LogP contribution >= 0.6 is 0 Å². The first kappa shape index (κ1) is 12.1. The summed E-state index contributed by atoms with van der Waals surface area (Å²) in [6.07, 6.45) is 0. The molecule has 1 aromatic carbocycles. The highest BCUT2D eigenvalue weighted by Crippen LogP contribution is 2.23. The van der Waals surface area contributed by atoms with Crippen molar-refractivity contribution in [3.05, 3.63) is 35.5 Å². The highest BCUT2D eigenvalue weighted by molar-refractivity contribution is 5.84. The van der Waals surface area contributed by atoms with E-state index < -0.39 is 0 Å². The second kappa shape index (κ2) is 5.34. The second-order valence-corrected chi connectivity index (χ2v) is 4.72. The molecule has 3 heteroatoms. The van der Waals surface area contributed by atoms with E-state index in [-0.39, 0.29) is 0 Å². The van der Waals surface area contributed by atoms with Crippen LogP contribution in [0.1, 0.15) is 31.0 Å². The summed E-state index contributed by atoms with van der Waals surface area (Å²) in [5.41, 5.74) is 9.33. The molecule has 0 aliphatic carbocycles. The van der Waals surface area contributed by atoms with Gasteiger partial charge in [0.25, 0.3) is 0 Å². The summed E-state index contributed by atoms with van der Waals surface area (Å²) >= 11 is 0. The number of fused-ring (bicyclic) bond motifs is 1. The van der Waals surface area contributed by atoms with Crippen LogP contribution in [0.5, 0.6) is 0 Å². The van der Waals surface area contributed by atoms with Crippen molar-refractivity contribution < 1.29 is 0 Å². The minimum atomic E-state index is 0.534. The fraction of sp³-hybridized carbons (Fsp3) is 0.429. The van der Waals surface area contributed by atoms with E-state index in [1.54, 1.807) is 0 Å². The number of nitrogens with two attached hydrogens (primary N) is 1. The molecule has 1 aromatic heterocycles. The number of aromatic nitrogens is 1. The van der Waals surface area contributed by atoms with E-state index in [2.05, 4.69) is 48.4 Å². The number of aromatic amines is 1. The van der Waals surface area contributed by atoms with Crippen molar-refractivity contribution in [3.8, 4) is 0 Å². The van der Waals surface area contributed by atoms with Crippen molar-refractivity contribution >= 4 is 10.9 Å². The van der Waals surface area contributed by atoms with E-state index in [1.807, 2.05) is 0 Å². The highest BCUT2D eigenvalue weighted by atomic mass is 14.9. The molecule has 0 saturated heterocycles. The summed E-state index contributed by atoms with van der Waals surface area (Å²) in [5.74, 6) is 0.534. The van der Waals surface area contributed by atoms with E-state index in [1.165, 1.54) is 22.2 Å². The van der Waals surface area contributed by atoms with E-state index in [0.29, 0.717) is 12.5 Å². The van der Waals surface area contributed by atoms with Gasteiger partial charge in [0.1, 0.15) is 0 Å². The lowest BCUT2D eigenvalue weighted by atomic mass is 10.1. The van der Waals surface area contributed by atoms with Crippen LogP contribution in [-0.2, 0) is 6.54 Å². The van der Waals surface area contributed by atoms with Crippen molar-refractivity contribution in [1.29, 1.82) is 0 Å². The molecule has 3 nitrogen and oxygen atoms in total. The molecule has 2 rings (SSSR count). The van der Waals surface area contributed by atoms with Crippen molar-refractivity contribution in [3.63, 3.8) is 0 Å². The van der Waals surface area contributed by atoms with Gasteiger partial charge in [0, 0.05) is 36.2 Å². The molecule has 92 valence electrons. The first-order valence-electron chi connectivity index (χ1n) is 6.23. The number of rotatable bonds is 5. The number of benzene rings is 1. The molecule has 0 amide bonds. The average Bonchev–Trinajstić information content (AvgIpc) is 2.74. The lowest BCUT2D eigenvalue weighted by Gasteiger charge is -2.04. The molecule has 17 heavy (non-hydrogen) atoms. The van der Waals surface area contributed by atoms with Gasteiger partial charge in [-0.25, -0.2) is 0 Å². The smallest absolute Gasteiger partial charge is 0.0459 e. The predicted molar refractivity (Wildman–Crippen MR) is 73.1 cm³/mol. The van der Waals surface area contributed by atoms with Gasteiger partial charge in [0.2, 0.25) is 0 Å². The molecule has 4 N–H and O–H groups in total. The Hall–Kier alpha value is -1.32. The number of nitrogens with one attached hydrogen (secondary N) is 2. The lowest BCUT2D eigenvalue weighted by molar-refractivity contribution is 0.698. The standard InChI is InChI=1S/C14H21N3/c1-10(2)14-8-12-11(9-16-7-6-15)4-3-5-13(12)17-14/h3-5,8,10,16-17H,6-7,9,15H2,1-2H3. The van der Waals surface area contributed by atoms with Gasteiger partial charge >= 0.3 is 0 Å². The van der Waals surface area contributed by atoms with Crippen molar-refractivity contribution in [1.82, 2.24) is 10.3 Å². The maximum Gasteiger partial charge on any atom is 0.0459 e. The molecular formula is C14H21N3. The molecule has 0 saturated carbocycles. The zero-order chi connectivity index (χ0) is 12.3. The Balaban J connectivity index is 2.29. The molecule has 0 fully saturated rings. The topological polar surface area (TPSA) is 53.8 Å². The number of H-pyrrole nitrogens is 1. The first-order chi connectivity index (χ1) is 8.22. The quantitative estimate of drug-likeness (QED) is 0.692. The summed E-state index contributed by atoms with van der Waals surface area (Å²) in [5, 5.41) is 4.66. The van der Waals surface area contributed by atoms with E-state index in [9.17, 15) is 0 Å². The summed E-state index contributed by atoms with van der Waals surface area (Å²) in [6.45, 7) is 6.83. The third-order valence-corrected chi connectivity index (χ3v) is 3.03.